The summed E-state index contributed by atoms with van der Waals surface area (Å²) in [6.45, 7) is 6.12. The third kappa shape index (κ3) is 5.48. The summed E-state index contributed by atoms with van der Waals surface area (Å²) >= 11 is 6.37. The van der Waals surface area contributed by atoms with Crippen LogP contribution in [0.15, 0.2) is 59.5 Å². The molecule has 1 aliphatic heterocycles. The molecule has 4 rings (SSSR count). The van der Waals surface area contributed by atoms with Crippen molar-refractivity contribution in [2.24, 2.45) is 5.92 Å². The third-order valence-electron chi connectivity index (χ3n) is 6.24. The lowest BCUT2D eigenvalue weighted by molar-refractivity contribution is 0.0600. The highest BCUT2D eigenvalue weighted by Crippen LogP contribution is 2.21. The average molecular weight is 481 g/mol. The second-order valence-corrected chi connectivity index (χ2v) is 9.10. The monoisotopic (exact) mass is 480 g/mol. The maximum atomic E-state index is 12.9. The van der Waals surface area contributed by atoms with Gasteiger partial charge in [-0.1, -0.05) is 54.9 Å². The van der Waals surface area contributed by atoms with Gasteiger partial charge in [-0.2, -0.15) is 9.78 Å². The van der Waals surface area contributed by atoms with E-state index in [-0.39, 0.29) is 10.6 Å². The van der Waals surface area contributed by atoms with E-state index in [1.165, 1.54) is 31.7 Å². The van der Waals surface area contributed by atoms with Crippen LogP contribution in [0.1, 0.15) is 41.3 Å². The second-order valence-electron chi connectivity index (χ2n) is 8.73. The Morgan fingerprint density at radius 1 is 1.12 bits per heavy atom. The molecule has 0 spiro atoms. The summed E-state index contributed by atoms with van der Waals surface area (Å²) in [5.41, 5.74) is 2.83. The summed E-state index contributed by atoms with van der Waals surface area (Å²) in [5, 5.41) is 7.43. The number of esters is 1. The molecule has 34 heavy (non-hydrogen) atoms. The number of rotatable bonds is 7. The van der Waals surface area contributed by atoms with Crippen LogP contribution in [-0.2, 0) is 17.8 Å². The Kier molecular flexibility index (Phi) is 7.65. The first kappa shape index (κ1) is 24.0. The van der Waals surface area contributed by atoms with E-state index in [0.29, 0.717) is 17.9 Å². The fourth-order valence-corrected chi connectivity index (χ4v) is 4.30. The Labute approximate surface area is 204 Å². The zero-order valence-corrected chi connectivity index (χ0v) is 20.2. The number of hydrogen-bond donors (Lipinski definition) is 1. The van der Waals surface area contributed by atoms with Gasteiger partial charge < -0.3 is 10.1 Å². The lowest BCUT2D eigenvalue weighted by Crippen LogP contribution is -2.32. The number of likely N-dealkylation sites (tertiary alicyclic amines) is 1. The molecule has 1 fully saturated rings. The minimum atomic E-state index is -0.555. The van der Waals surface area contributed by atoms with Crippen LogP contribution >= 0.6 is 11.6 Å². The van der Waals surface area contributed by atoms with Crippen molar-refractivity contribution in [3.8, 4) is 5.69 Å². The first-order valence-electron chi connectivity index (χ1n) is 11.5. The number of carbonyl (C=O) groups excluding carboxylic acids is 1. The second kappa shape index (κ2) is 10.8. The molecule has 1 aromatic heterocycles. The Bertz CT molecular complexity index is 1200. The molecule has 0 aliphatic carbocycles. The van der Waals surface area contributed by atoms with Gasteiger partial charge in [0.05, 0.1) is 30.2 Å². The van der Waals surface area contributed by atoms with Gasteiger partial charge in [-0.25, -0.2) is 4.79 Å². The zero-order chi connectivity index (χ0) is 24.1. The molecule has 0 bridgehead atoms. The van der Waals surface area contributed by atoms with Crippen molar-refractivity contribution in [2.75, 3.05) is 25.5 Å². The summed E-state index contributed by atoms with van der Waals surface area (Å²) < 4.78 is 5.91. The number of anilines is 1. The standard InChI is InChI=1S/C26H29ClN4O3/c1-18-11-13-30(14-12-18)17-20-9-7-19(8-10-20)15-28-22-16-29-31(25(32)24(22)27)23-6-4-3-5-21(23)26(33)34-2/h3-10,16,18,28H,11-15,17H2,1-2H3. The number of halogens is 1. The molecular weight excluding hydrogens is 452 g/mol. The molecule has 7 nitrogen and oxygen atoms in total. The van der Waals surface area contributed by atoms with Gasteiger partial charge >= 0.3 is 5.97 Å². The van der Waals surface area contributed by atoms with Crippen molar-refractivity contribution < 1.29 is 9.53 Å². The van der Waals surface area contributed by atoms with Crippen LogP contribution in [-0.4, -0.2) is 40.8 Å². The minimum Gasteiger partial charge on any atom is -0.465 e. The number of nitrogens with one attached hydrogen (secondary N) is 1. The van der Waals surface area contributed by atoms with Crippen molar-refractivity contribution in [1.82, 2.24) is 14.7 Å². The van der Waals surface area contributed by atoms with E-state index in [1.807, 2.05) is 0 Å². The molecule has 1 N–H and O–H groups in total. The van der Waals surface area contributed by atoms with Crippen LogP contribution in [0, 0.1) is 5.92 Å². The molecule has 8 heteroatoms. The highest BCUT2D eigenvalue weighted by Gasteiger charge is 2.18. The zero-order valence-electron chi connectivity index (χ0n) is 19.5. The fourth-order valence-electron chi connectivity index (χ4n) is 4.11. The molecule has 3 aromatic rings. The molecule has 0 unspecified atom stereocenters. The van der Waals surface area contributed by atoms with Gasteiger partial charge in [0.15, 0.2) is 0 Å². The third-order valence-corrected chi connectivity index (χ3v) is 6.61. The Balaban J connectivity index is 1.43. The Morgan fingerprint density at radius 2 is 1.79 bits per heavy atom. The number of piperidine rings is 1. The van der Waals surface area contributed by atoms with Crippen LogP contribution < -0.4 is 10.9 Å². The van der Waals surface area contributed by atoms with Crippen LogP contribution in [0.4, 0.5) is 5.69 Å². The highest BCUT2D eigenvalue weighted by molar-refractivity contribution is 6.32. The quantitative estimate of drug-likeness (QED) is 0.501. The van der Waals surface area contributed by atoms with Gasteiger partial charge in [0.1, 0.15) is 5.02 Å². The van der Waals surface area contributed by atoms with E-state index >= 15 is 0 Å². The van der Waals surface area contributed by atoms with Crippen molar-refractivity contribution >= 4 is 23.3 Å². The largest absolute Gasteiger partial charge is 0.465 e. The normalized spacial score (nSPS) is 14.7. The summed E-state index contributed by atoms with van der Waals surface area (Å²) in [7, 11) is 1.29. The van der Waals surface area contributed by atoms with Gasteiger partial charge in [0.25, 0.3) is 5.56 Å². The maximum absolute atomic E-state index is 12.9. The molecule has 0 atom stereocenters. The SMILES string of the molecule is COC(=O)c1ccccc1-n1ncc(NCc2ccc(CN3CCC(C)CC3)cc2)c(Cl)c1=O. The number of methoxy groups -OCH3 is 1. The fraction of sp³-hybridized carbons (Fsp3) is 0.346. The molecule has 2 aromatic carbocycles. The van der Waals surface area contributed by atoms with Gasteiger partial charge in [-0.3, -0.25) is 9.69 Å². The lowest BCUT2D eigenvalue weighted by Gasteiger charge is -2.30. The van der Waals surface area contributed by atoms with E-state index in [0.717, 1.165) is 35.8 Å². The van der Waals surface area contributed by atoms with Gasteiger partial charge in [0.2, 0.25) is 0 Å². The number of carbonyl (C=O) groups is 1. The molecule has 1 aliphatic rings. The van der Waals surface area contributed by atoms with Gasteiger partial charge in [-0.05, 0) is 55.1 Å². The van der Waals surface area contributed by atoms with Crippen LogP contribution in [0.2, 0.25) is 5.02 Å². The van der Waals surface area contributed by atoms with Crippen molar-refractivity contribution in [1.29, 1.82) is 0 Å². The summed E-state index contributed by atoms with van der Waals surface area (Å²) in [6.07, 6.45) is 4.03. The van der Waals surface area contributed by atoms with Gasteiger partial charge in [0, 0.05) is 13.1 Å². The number of nitrogens with zero attached hydrogens (tertiary/aromatic N) is 3. The van der Waals surface area contributed by atoms with Crippen LogP contribution in [0.3, 0.4) is 0 Å². The molecule has 0 amide bonds. The predicted octanol–water partition coefficient (Wildman–Crippen LogP) is 4.52. The Hall–Kier alpha value is -3.16. The first-order valence-corrected chi connectivity index (χ1v) is 11.8. The van der Waals surface area contributed by atoms with Crippen LogP contribution in [0.25, 0.3) is 5.69 Å². The summed E-state index contributed by atoms with van der Waals surface area (Å²) in [4.78, 5) is 27.5. The van der Waals surface area contributed by atoms with E-state index in [9.17, 15) is 9.59 Å². The number of hydrogen-bond acceptors (Lipinski definition) is 6. The van der Waals surface area contributed by atoms with Crippen LogP contribution in [0.5, 0.6) is 0 Å². The minimum absolute atomic E-state index is 0.00520. The van der Waals surface area contributed by atoms with Gasteiger partial charge in [-0.15, -0.1) is 0 Å². The number of benzene rings is 2. The molecule has 2 heterocycles. The predicted molar refractivity (Wildman–Crippen MR) is 134 cm³/mol. The van der Waals surface area contributed by atoms with E-state index in [4.69, 9.17) is 16.3 Å². The summed E-state index contributed by atoms with van der Waals surface area (Å²) in [6, 6.07) is 15.1. The highest BCUT2D eigenvalue weighted by atomic mass is 35.5. The number of para-hydroxylation sites is 1. The molecular formula is C26H29ClN4O3. The maximum Gasteiger partial charge on any atom is 0.340 e. The average Bonchev–Trinajstić information content (AvgIpc) is 2.87. The van der Waals surface area contributed by atoms with E-state index < -0.39 is 11.5 Å². The van der Waals surface area contributed by atoms with Crippen molar-refractivity contribution in [2.45, 2.75) is 32.9 Å². The topological polar surface area (TPSA) is 76.5 Å². The van der Waals surface area contributed by atoms with Crippen molar-refractivity contribution in [3.63, 3.8) is 0 Å². The smallest absolute Gasteiger partial charge is 0.340 e. The number of aromatic nitrogens is 2. The number of ether oxygens (including phenoxy) is 1. The molecule has 0 saturated carbocycles. The first-order chi connectivity index (χ1) is 16.5. The van der Waals surface area contributed by atoms with E-state index in [1.54, 1.807) is 24.3 Å². The summed E-state index contributed by atoms with van der Waals surface area (Å²) in [5.74, 6) is 0.275. The Morgan fingerprint density at radius 3 is 2.50 bits per heavy atom. The molecule has 0 radical (unpaired) electrons. The molecule has 178 valence electrons. The molecule has 1 saturated heterocycles. The lowest BCUT2D eigenvalue weighted by atomic mass is 9.99. The van der Waals surface area contributed by atoms with E-state index in [2.05, 4.69) is 46.5 Å². The van der Waals surface area contributed by atoms with Crippen molar-refractivity contribution in [3.05, 3.63) is 86.8 Å².